The zero-order valence-corrected chi connectivity index (χ0v) is 9.68. The summed E-state index contributed by atoms with van der Waals surface area (Å²) >= 11 is 0. The summed E-state index contributed by atoms with van der Waals surface area (Å²) in [4.78, 5) is 10.9. The molecule has 3 heteroatoms. The van der Waals surface area contributed by atoms with Gasteiger partial charge < -0.3 is 10.8 Å². The fourth-order valence-corrected chi connectivity index (χ4v) is 3.96. The molecule has 0 aliphatic heterocycles. The quantitative estimate of drug-likeness (QED) is 0.750. The number of hydrogen-bond acceptors (Lipinski definition) is 2. The molecule has 2 fully saturated rings. The van der Waals surface area contributed by atoms with E-state index in [2.05, 4.69) is 13.8 Å². The van der Waals surface area contributed by atoms with Gasteiger partial charge in [0, 0.05) is 0 Å². The van der Waals surface area contributed by atoms with Gasteiger partial charge in [-0.3, -0.25) is 4.79 Å². The molecule has 0 amide bonds. The van der Waals surface area contributed by atoms with Gasteiger partial charge in [-0.05, 0) is 48.5 Å². The maximum atomic E-state index is 10.9. The molecule has 2 saturated carbocycles. The number of carbonyl (C=O) groups is 1. The second kappa shape index (κ2) is 2.97. The minimum Gasteiger partial charge on any atom is -0.481 e. The fourth-order valence-electron chi connectivity index (χ4n) is 3.96. The molecule has 2 aliphatic carbocycles. The number of fused-ring (bicyclic) bond motifs is 1. The Balaban J connectivity index is 2.21. The first-order chi connectivity index (χ1) is 6.85. The van der Waals surface area contributed by atoms with Crippen molar-refractivity contribution in [2.75, 3.05) is 6.54 Å². The topological polar surface area (TPSA) is 63.3 Å². The number of carboxylic acid groups (broad SMARTS) is 1. The monoisotopic (exact) mass is 211 g/mol. The van der Waals surface area contributed by atoms with Gasteiger partial charge in [-0.2, -0.15) is 0 Å². The molecule has 3 N–H and O–H groups in total. The average Bonchev–Trinajstić information content (AvgIpc) is 2.26. The second-order valence-electron chi connectivity index (χ2n) is 6.25. The number of aliphatic carboxylic acids is 1. The number of hydrogen-bond donors (Lipinski definition) is 2. The number of nitrogens with two attached hydrogens (primary N) is 1. The normalized spacial score (nSPS) is 48.5. The summed E-state index contributed by atoms with van der Waals surface area (Å²) in [5.74, 6) is -0.700. The van der Waals surface area contributed by atoms with Crippen LogP contribution in [0, 0.1) is 16.2 Å². The molecule has 0 bridgehead atoms. The highest BCUT2D eigenvalue weighted by Crippen LogP contribution is 2.71. The standard InChI is InChI=1S/C12H21NO2/c1-10-3-4-11(10,2)7-12(6-10,8-13)5-9(14)15/h3-8,13H2,1-2H3,(H,14,15)/t10-,11+,12+. The molecule has 0 heterocycles. The van der Waals surface area contributed by atoms with Crippen LogP contribution in [-0.4, -0.2) is 17.6 Å². The maximum Gasteiger partial charge on any atom is 0.303 e. The Morgan fingerprint density at radius 2 is 1.73 bits per heavy atom. The highest BCUT2D eigenvalue weighted by Gasteiger charge is 2.63. The molecule has 0 unspecified atom stereocenters. The largest absolute Gasteiger partial charge is 0.481 e. The van der Waals surface area contributed by atoms with Crippen molar-refractivity contribution in [3.05, 3.63) is 0 Å². The molecular formula is C12H21NO2. The van der Waals surface area contributed by atoms with Crippen LogP contribution < -0.4 is 5.73 Å². The Hall–Kier alpha value is -0.570. The summed E-state index contributed by atoms with van der Waals surface area (Å²) in [6.07, 6.45) is 4.73. The smallest absolute Gasteiger partial charge is 0.303 e. The highest BCUT2D eigenvalue weighted by molar-refractivity contribution is 5.68. The van der Waals surface area contributed by atoms with Crippen molar-refractivity contribution in [1.82, 2.24) is 0 Å². The van der Waals surface area contributed by atoms with Crippen molar-refractivity contribution >= 4 is 5.97 Å². The third-order valence-electron chi connectivity index (χ3n) is 5.18. The fraction of sp³-hybridized carbons (Fsp3) is 0.917. The van der Waals surface area contributed by atoms with Crippen LogP contribution in [0.5, 0.6) is 0 Å². The van der Waals surface area contributed by atoms with Crippen LogP contribution in [0.1, 0.15) is 46.0 Å². The maximum absolute atomic E-state index is 10.9. The third kappa shape index (κ3) is 1.40. The average molecular weight is 211 g/mol. The molecule has 0 spiro atoms. The molecule has 0 saturated heterocycles. The van der Waals surface area contributed by atoms with E-state index in [9.17, 15) is 4.79 Å². The molecule has 2 aliphatic rings. The molecule has 86 valence electrons. The minimum atomic E-state index is -0.700. The Labute approximate surface area is 91.0 Å². The molecule has 0 aromatic heterocycles. The molecule has 0 aromatic carbocycles. The van der Waals surface area contributed by atoms with Crippen LogP contribution in [0.15, 0.2) is 0 Å². The van der Waals surface area contributed by atoms with E-state index < -0.39 is 5.97 Å². The van der Waals surface area contributed by atoms with Crippen LogP contribution in [0.25, 0.3) is 0 Å². The summed E-state index contributed by atoms with van der Waals surface area (Å²) in [5, 5.41) is 8.98. The molecule has 2 rings (SSSR count). The van der Waals surface area contributed by atoms with Crippen molar-refractivity contribution in [3.63, 3.8) is 0 Å². The van der Waals surface area contributed by atoms with Gasteiger partial charge in [0.05, 0.1) is 6.42 Å². The van der Waals surface area contributed by atoms with Crippen molar-refractivity contribution in [2.45, 2.75) is 46.0 Å². The van der Waals surface area contributed by atoms with Gasteiger partial charge in [0.15, 0.2) is 0 Å². The van der Waals surface area contributed by atoms with E-state index in [1.165, 1.54) is 12.8 Å². The number of rotatable bonds is 3. The summed E-state index contributed by atoms with van der Waals surface area (Å²) in [6, 6.07) is 0. The molecule has 0 aromatic rings. The molecule has 0 radical (unpaired) electrons. The minimum absolute atomic E-state index is 0.133. The zero-order valence-electron chi connectivity index (χ0n) is 9.68. The van der Waals surface area contributed by atoms with Crippen molar-refractivity contribution in [2.24, 2.45) is 22.0 Å². The van der Waals surface area contributed by atoms with Crippen LogP contribution in [0.4, 0.5) is 0 Å². The Bertz CT molecular complexity index is 284. The van der Waals surface area contributed by atoms with Crippen molar-refractivity contribution in [3.8, 4) is 0 Å². The van der Waals surface area contributed by atoms with Gasteiger partial charge in [0.1, 0.15) is 0 Å². The molecule has 3 atom stereocenters. The van der Waals surface area contributed by atoms with Crippen LogP contribution in [-0.2, 0) is 4.79 Å². The van der Waals surface area contributed by atoms with Gasteiger partial charge >= 0.3 is 5.97 Å². The van der Waals surface area contributed by atoms with Gasteiger partial charge in [-0.15, -0.1) is 0 Å². The first-order valence-corrected chi connectivity index (χ1v) is 5.77. The lowest BCUT2D eigenvalue weighted by molar-refractivity contribution is -0.139. The van der Waals surface area contributed by atoms with E-state index in [4.69, 9.17) is 10.8 Å². The Kier molecular flexibility index (Phi) is 2.16. The van der Waals surface area contributed by atoms with Crippen LogP contribution >= 0.6 is 0 Å². The van der Waals surface area contributed by atoms with E-state index in [1.54, 1.807) is 0 Å². The van der Waals surface area contributed by atoms with E-state index in [0.717, 1.165) is 12.8 Å². The summed E-state index contributed by atoms with van der Waals surface area (Å²) < 4.78 is 0. The molecular weight excluding hydrogens is 190 g/mol. The summed E-state index contributed by atoms with van der Waals surface area (Å²) in [7, 11) is 0. The predicted octanol–water partition coefficient (Wildman–Crippen LogP) is 2.01. The van der Waals surface area contributed by atoms with Crippen molar-refractivity contribution < 1.29 is 9.90 Å². The lowest BCUT2D eigenvalue weighted by Crippen LogP contribution is -2.42. The third-order valence-corrected chi connectivity index (χ3v) is 5.18. The van der Waals surface area contributed by atoms with Gasteiger partial charge in [-0.25, -0.2) is 0 Å². The lowest BCUT2D eigenvalue weighted by atomic mass is 9.53. The van der Waals surface area contributed by atoms with Crippen LogP contribution in [0.2, 0.25) is 0 Å². The predicted molar refractivity (Wildman–Crippen MR) is 58.4 cm³/mol. The first kappa shape index (κ1) is 10.9. The number of carboxylic acids is 1. The molecule has 3 nitrogen and oxygen atoms in total. The van der Waals surface area contributed by atoms with Gasteiger partial charge in [0.25, 0.3) is 0 Å². The van der Waals surface area contributed by atoms with E-state index in [-0.39, 0.29) is 11.8 Å². The summed E-state index contributed by atoms with van der Waals surface area (Å²) in [6.45, 7) is 5.12. The van der Waals surface area contributed by atoms with E-state index in [0.29, 0.717) is 17.4 Å². The Morgan fingerprint density at radius 3 is 2.00 bits per heavy atom. The van der Waals surface area contributed by atoms with Gasteiger partial charge in [0.2, 0.25) is 0 Å². The summed E-state index contributed by atoms with van der Waals surface area (Å²) in [5.41, 5.74) is 6.39. The highest BCUT2D eigenvalue weighted by atomic mass is 16.4. The van der Waals surface area contributed by atoms with E-state index in [1.807, 2.05) is 0 Å². The lowest BCUT2D eigenvalue weighted by Gasteiger charge is -2.52. The Morgan fingerprint density at radius 1 is 1.27 bits per heavy atom. The SMILES string of the molecule is C[C@@]12CC[C@]1(C)C[C@@](CN)(CC(=O)O)C2. The zero-order chi connectivity index (χ0) is 11.3. The first-order valence-electron chi connectivity index (χ1n) is 5.77. The van der Waals surface area contributed by atoms with E-state index >= 15 is 0 Å². The second-order valence-corrected chi connectivity index (χ2v) is 6.25. The van der Waals surface area contributed by atoms with Crippen LogP contribution in [0.3, 0.4) is 0 Å². The molecule has 15 heavy (non-hydrogen) atoms. The van der Waals surface area contributed by atoms with Gasteiger partial charge in [-0.1, -0.05) is 13.8 Å². The van der Waals surface area contributed by atoms with Crippen molar-refractivity contribution in [1.29, 1.82) is 0 Å².